The van der Waals surface area contributed by atoms with Gasteiger partial charge in [0.25, 0.3) is 5.91 Å². The van der Waals surface area contributed by atoms with Gasteiger partial charge in [-0.2, -0.15) is 0 Å². The van der Waals surface area contributed by atoms with Crippen molar-refractivity contribution < 1.29 is 18.4 Å². The number of hydrogen-bond acceptors (Lipinski definition) is 3. The molecule has 1 aliphatic rings. The molecule has 3 aromatic carbocycles. The third-order valence-corrected chi connectivity index (χ3v) is 5.69. The van der Waals surface area contributed by atoms with Gasteiger partial charge in [0.2, 0.25) is 11.9 Å². The molecule has 4 aromatic rings. The van der Waals surface area contributed by atoms with Gasteiger partial charge in [0.1, 0.15) is 6.04 Å². The zero-order valence-electron chi connectivity index (χ0n) is 17.8. The second-order valence-corrected chi connectivity index (χ2v) is 8.08. The second kappa shape index (κ2) is 8.12. The molecule has 1 unspecified atom stereocenters. The number of halogens is 2. The van der Waals surface area contributed by atoms with Crippen molar-refractivity contribution in [3.05, 3.63) is 89.5 Å². The summed E-state index contributed by atoms with van der Waals surface area (Å²) in [5.41, 5.74) is 3.62. The van der Waals surface area contributed by atoms with Gasteiger partial charge in [-0.1, -0.05) is 42.0 Å². The van der Waals surface area contributed by atoms with Crippen molar-refractivity contribution in [2.75, 3.05) is 10.2 Å². The summed E-state index contributed by atoms with van der Waals surface area (Å²) >= 11 is 0. The predicted molar refractivity (Wildman–Crippen MR) is 121 cm³/mol. The molecule has 0 fully saturated rings. The largest absolute Gasteiger partial charge is 0.326 e. The standard InChI is InChI=1S/C25H20F2N4O2/c1-15-5-4-6-16(11-15)14-30-24(33)22(31-21-8-3-2-7-20(21)29-25(30)31)13-23(32)28-17-9-10-18(26)19(27)12-17/h2-12,22H,13-14H2,1H3,(H,28,32). The molecule has 1 atom stereocenters. The molecule has 0 saturated carbocycles. The van der Waals surface area contributed by atoms with Crippen molar-refractivity contribution in [3.8, 4) is 0 Å². The number of fused-ring (bicyclic) bond motifs is 3. The van der Waals surface area contributed by atoms with Crippen LogP contribution in [0.15, 0.2) is 66.7 Å². The number of benzene rings is 3. The van der Waals surface area contributed by atoms with Crippen LogP contribution >= 0.6 is 0 Å². The fourth-order valence-electron chi connectivity index (χ4n) is 4.20. The number of amides is 2. The molecule has 5 rings (SSSR count). The summed E-state index contributed by atoms with van der Waals surface area (Å²) in [6.07, 6.45) is -0.171. The van der Waals surface area contributed by atoms with Crippen LogP contribution in [0.5, 0.6) is 0 Å². The van der Waals surface area contributed by atoms with Gasteiger partial charge in [0.05, 0.1) is 24.0 Å². The van der Waals surface area contributed by atoms with E-state index in [4.69, 9.17) is 0 Å². The summed E-state index contributed by atoms with van der Waals surface area (Å²) in [4.78, 5) is 32.4. The maximum Gasteiger partial charge on any atom is 0.253 e. The van der Waals surface area contributed by atoms with Gasteiger partial charge < -0.3 is 5.32 Å². The van der Waals surface area contributed by atoms with E-state index in [0.29, 0.717) is 12.5 Å². The summed E-state index contributed by atoms with van der Waals surface area (Å²) in [5.74, 6) is -2.31. The average Bonchev–Trinajstić information content (AvgIpc) is 3.27. The van der Waals surface area contributed by atoms with E-state index in [1.807, 2.05) is 55.5 Å². The number of anilines is 2. The molecule has 0 saturated heterocycles. The Morgan fingerprint density at radius 1 is 1.03 bits per heavy atom. The number of imidazole rings is 1. The van der Waals surface area contributed by atoms with E-state index in [1.54, 1.807) is 9.47 Å². The zero-order chi connectivity index (χ0) is 23.1. The summed E-state index contributed by atoms with van der Waals surface area (Å²) in [6, 6.07) is 17.6. The van der Waals surface area contributed by atoms with Crippen molar-refractivity contribution in [3.63, 3.8) is 0 Å². The van der Waals surface area contributed by atoms with E-state index < -0.39 is 23.6 Å². The van der Waals surface area contributed by atoms with Crippen LogP contribution in [-0.4, -0.2) is 21.4 Å². The topological polar surface area (TPSA) is 67.2 Å². The summed E-state index contributed by atoms with van der Waals surface area (Å²) in [6.45, 7) is 2.31. The lowest BCUT2D eigenvalue weighted by atomic mass is 10.1. The molecule has 8 heteroatoms. The van der Waals surface area contributed by atoms with Gasteiger partial charge in [-0.05, 0) is 36.8 Å². The molecule has 0 spiro atoms. The maximum absolute atomic E-state index is 13.5. The number of hydrogen-bond donors (Lipinski definition) is 1. The van der Waals surface area contributed by atoms with Crippen LogP contribution < -0.4 is 10.2 Å². The Hall–Kier alpha value is -4.07. The molecular weight excluding hydrogens is 426 g/mol. The SMILES string of the molecule is Cc1cccc(CN2C(=O)C(CC(=O)Nc3ccc(F)c(F)c3)n3c2nc2ccccc23)c1. The highest BCUT2D eigenvalue weighted by Crippen LogP contribution is 2.37. The molecule has 0 aliphatic carbocycles. The summed E-state index contributed by atoms with van der Waals surface area (Å²) < 4.78 is 28.5. The first-order valence-corrected chi connectivity index (χ1v) is 10.5. The normalized spacial score (nSPS) is 15.2. The minimum Gasteiger partial charge on any atom is -0.326 e. The number of aryl methyl sites for hydroxylation is 1. The van der Waals surface area contributed by atoms with Crippen LogP contribution in [0.1, 0.15) is 23.6 Å². The lowest BCUT2D eigenvalue weighted by Crippen LogP contribution is -2.31. The first kappa shape index (κ1) is 20.8. The number of para-hydroxylation sites is 2. The number of nitrogens with zero attached hydrogens (tertiary/aromatic N) is 3. The van der Waals surface area contributed by atoms with Crippen LogP contribution in [0, 0.1) is 18.6 Å². The third-order valence-electron chi connectivity index (χ3n) is 5.69. The van der Waals surface area contributed by atoms with Crippen molar-refractivity contribution in [1.82, 2.24) is 9.55 Å². The Bertz CT molecular complexity index is 1400. The summed E-state index contributed by atoms with van der Waals surface area (Å²) in [5, 5.41) is 2.55. The van der Waals surface area contributed by atoms with Gasteiger partial charge in [-0.3, -0.25) is 19.1 Å². The molecule has 0 bridgehead atoms. The second-order valence-electron chi connectivity index (χ2n) is 8.08. The predicted octanol–water partition coefficient (Wildman–Crippen LogP) is 4.74. The number of carbonyl (C=O) groups is 2. The highest BCUT2D eigenvalue weighted by Gasteiger charge is 2.40. The fraction of sp³-hybridized carbons (Fsp3) is 0.160. The first-order valence-electron chi connectivity index (χ1n) is 10.5. The minimum absolute atomic E-state index is 0.122. The van der Waals surface area contributed by atoms with E-state index >= 15 is 0 Å². The van der Waals surface area contributed by atoms with Crippen LogP contribution in [0.4, 0.5) is 20.4 Å². The Kier molecular flexibility index (Phi) is 5.12. The Balaban J connectivity index is 1.46. The fourth-order valence-corrected chi connectivity index (χ4v) is 4.20. The van der Waals surface area contributed by atoms with Gasteiger partial charge >= 0.3 is 0 Å². The van der Waals surface area contributed by atoms with Gasteiger partial charge in [0.15, 0.2) is 11.6 Å². The molecule has 1 aromatic heterocycles. The molecule has 1 N–H and O–H groups in total. The molecule has 6 nitrogen and oxygen atoms in total. The van der Waals surface area contributed by atoms with E-state index in [9.17, 15) is 18.4 Å². The van der Waals surface area contributed by atoms with Gasteiger partial charge in [-0.15, -0.1) is 0 Å². The number of carbonyl (C=O) groups excluding carboxylic acids is 2. The van der Waals surface area contributed by atoms with E-state index in [2.05, 4.69) is 10.3 Å². The Morgan fingerprint density at radius 3 is 2.64 bits per heavy atom. The third kappa shape index (κ3) is 3.84. The highest BCUT2D eigenvalue weighted by molar-refractivity contribution is 6.05. The maximum atomic E-state index is 13.5. The highest BCUT2D eigenvalue weighted by atomic mass is 19.2. The van der Waals surface area contributed by atoms with Crippen LogP contribution in [0.2, 0.25) is 0 Å². The average molecular weight is 446 g/mol. The smallest absolute Gasteiger partial charge is 0.253 e. The van der Waals surface area contributed by atoms with Crippen LogP contribution in [-0.2, 0) is 16.1 Å². The van der Waals surface area contributed by atoms with E-state index in [-0.39, 0.29) is 18.0 Å². The lowest BCUT2D eigenvalue weighted by Gasteiger charge is -2.16. The molecule has 33 heavy (non-hydrogen) atoms. The quantitative estimate of drug-likeness (QED) is 0.482. The minimum atomic E-state index is -1.06. The number of nitrogens with one attached hydrogen (secondary N) is 1. The zero-order valence-corrected chi connectivity index (χ0v) is 17.8. The van der Waals surface area contributed by atoms with Gasteiger partial charge in [-0.25, -0.2) is 13.8 Å². The lowest BCUT2D eigenvalue weighted by molar-refractivity contribution is -0.124. The van der Waals surface area contributed by atoms with E-state index in [1.165, 1.54) is 6.07 Å². The van der Waals surface area contributed by atoms with Crippen molar-refractivity contribution in [1.29, 1.82) is 0 Å². The molecule has 1 aliphatic heterocycles. The van der Waals surface area contributed by atoms with Crippen molar-refractivity contribution >= 4 is 34.5 Å². The van der Waals surface area contributed by atoms with E-state index in [0.717, 1.165) is 34.3 Å². The summed E-state index contributed by atoms with van der Waals surface area (Å²) in [7, 11) is 0. The molecule has 2 heterocycles. The van der Waals surface area contributed by atoms with Gasteiger partial charge in [0, 0.05) is 11.8 Å². The number of aromatic nitrogens is 2. The van der Waals surface area contributed by atoms with Crippen molar-refractivity contribution in [2.24, 2.45) is 0 Å². The monoisotopic (exact) mass is 446 g/mol. The number of rotatable bonds is 5. The molecular formula is C25H20F2N4O2. The molecule has 0 radical (unpaired) electrons. The Morgan fingerprint density at radius 2 is 1.85 bits per heavy atom. The molecule has 2 amide bonds. The van der Waals surface area contributed by atoms with Crippen LogP contribution in [0.25, 0.3) is 11.0 Å². The molecule has 166 valence electrons. The Labute approximate surface area is 188 Å². The first-order chi connectivity index (χ1) is 15.9. The van der Waals surface area contributed by atoms with Crippen molar-refractivity contribution in [2.45, 2.75) is 25.9 Å². The van der Waals surface area contributed by atoms with Crippen LogP contribution in [0.3, 0.4) is 0 Å².